The second-order valence-electron chi connectivity index (χ2n) is 7.18. The number of aliphatic imine (C=N–C) groups is 1. The van der Waals surface area contributed by atoms with Gasteiger partial charge in [0.25, 0.3) is 5.91 Å². The highest BCUT2D eigenvalue weighted by molar-refractivity contribution is 8.18. The van der Waals surface area contributed by atoms with E-state index in [0.717, 1.165) is 32.7 Å². The minimum atomic E-state index is -0.133. The molecule has 1 N–H and O–H groups in total. The summed E-state index contributed by atoms with van der Waals surface area (Å²) in [5, 5.41) is 5.26. The lowest BCUT2D eigenvalue weighted by atomic mass is 10.1. The smallest absolute Gasteiger partial charge is 0.264 e. The highest BCUT2D eigenvalue weighted by Crippen LogP contribution is 2.31. The molecule has 152 valence electrons. The normalized spacial score (nSPS) is 16.4. The van der Waals surface area contributed by atoms with Crippen LogP contribution >= 0.6 is 23.4 Å². The molecule has 2 heterocycles. The molecule has 0 saturated carbocycles. The fourth-order valence-corrected chi connectivity index (χ4v) is 4.64. The molecule has 0 atom stereocenters. The number of thioether (sulfide) groups is 1. The van der Waals surface area contributed by atoms with E-state index in [2.05, 4.69) is 39.3 Å². The van der Waals surface area contributed by atoms with Crippen LogP contribution in [0.25, 0.3) is 17.0 Å². The molecule has 1 amide bonds. The van der Waals surface area contributed by atoms with Gasteiger partial charge >= 0.3 is 0 Å². The standard InChI is InChI=1S/C25H18ClN3OS/c26-19-8-6-7-17(13-19)15-29-16-18(21-11-4-5-12-22(21)29)14-23-24(30)28-25(31-23)27-20-9-2-1-3-10-20/h1-14,16H,15H2,(H,27,28,30)/b23-14-. The Labute approximate surface area is 189 Å². The van der Waals surface area contributed by atoms with Gasteiger partial charge in [-0.1, -0.05) is 60.1 Å². The fraction of sp³-hybridized carbons (Fsp3) is 0.0400. The maximum absolute atomic E-state index is 12.5. The van der Waals surface area contributed by atoms with Gasteiger partial charge in [-0.25, -0.2) is 4.99 Å². The van der Waals surface area contributed by atoms with E-state index < -0.39 is 0 Å². The van der Waals surface area contributed by atoms with Gasteiger partial charge in [-0.2, -0.15) is 0 Å². The van der Waals surface area contributed by atoms with Crippen molar-refractivity contribution >= 4 is 57.1 Å². The number of para-hydroxylation sites is 2. The Balaban J connectivity index is 1.48. The molecule has 4 aromatic rings. The molecule has 0 aliphatic carbocycles. The lowest BCUT2D eigenvalue weighted by Crippen LogP contribution is -2.19. The molecule has 1 aliphatic rings. The number of amides is 1. The van der Waals surface area contributed by atoms with E-state index in [4.69, 9.17) is 11.6 Å². The first-order chi connectivity index (χ1) is 15.2. The van der Waals surface area contributed by atoms with Crippen LogP contribution in [0.3, 0.4) is 0 Å². The lowest BCUT2D eigenvalue weighted by molar-refractivity contribution is -0.115. The number of rotatable bonds is 4. The number of nitrogens with zero attached hydrogens (tertiary/aromatic N) is 2. The number of hydrogen-bond acceptors (Lipinski definition) is 3. The van der Waals surface area contributed by atoms with E-state index in [-0.39, 0.29) is 5.91 Å². The number of amidine groups is 1. The summed E-state index contributed by atoms with van der Waals surface area (Å²) in [6.45, 7) is 0.699. The number of halogens is 1. The van der Waals surface area contributed by atoms with Crippen LogP contribution in [0.2, 0.25) is 5.02 Å². The molecule has 5 rings (SSSR count). The lowest BCUT2D eigenvalue weighted by Gasteiger charge is -2.05. The van der Waals surface area contributed by atoms with Crippen LogP contribution in [-0.2, 0) is 11.3 Å². The molecule has 0 radical (unpaired) electrons. The number of aromatic nitrogens is 1. The minimum absolute atomic E-state index is 0.133. The van der Waals surface area contributed by atoms with E-state index in [1.165, 1.54) is 11.8 Å². The van der Waals surface area contributed by atoms with Crippen LogP contribution in [0, 0.1) is 0 Å². The van der Waals surface area contributed by atoms with Gasteiger partial charge < -0.3 is 9.88 Å². The molecule has 0 unspecified atom stereocenters. The summed E-state index contributed by atoms with van der Waals surface area (Å²) in [5.41, 5.74) is 4.04. The van der Waals surface area contributed by atoms with Gasteiger partial charge in [-0.05, 0) is 53.7 Å². The Morgan fingerprint density at radius 3 is 2.65 bits per heavy atom. The van der Waals surface area contributed by atoms with Gasteiger partial charge in [0.1, 0.15) is 0 Å². The molecule has 0 spiro atoms. The minimum Gasteiger partial charge on any atom is -0.342 e. The predicted octanol–water partition coefficient (Wildman–Crippen LogP) is 6.23. The van der Waals surface area contributed by atoms with Crippen LogP contribution in [0.5, 0.6) is 0 Å². The van der Waals surface area contributed by atoms with Crippen molar-refractivity contribution in [2.24, 2.45) is 4.99 Å². The summed E-state index contributed by atoms with van der Waals surface area (Å²) in [4.78, 5) is 17.7. The second-order valence-corrected chi connectivity index (χ2v) is 8.64. The van der Waals surface area contributed by atoms with Crippen LogP contribution in [0.4, 0.5) is 5.69 Å². The number of fused-ring (bicyclic) bond motifs is 1. The third-order valence-corrected chi connectivity index (χ3v) is 6.13. The monoisotopic (exact) mass is 443 g/mol. The molecule has 0 bridgehead atoms. The quantitative estimate of drug-likeness (QED) is 0.380. The number of hydrogen-bond donors (Lipinski definition) is 1. The first-order valence-corrected chi connectivity index (χ1v) is 11.0. The van der Waals surface area contributed by atoms with Crippen molar-refractivity contribution in [2.45, 2.75) is 6.54 Å². The third kappa shape index (κ3) is 4.29. The van der Waals surface area contributed by atoms with Crippen molar-refractivity contribution in [3.8, 4) is 0 Å². The number of benzene rings is 3. The molecule has 1 aliphatic heterocycles. The first kappa shape index (κ1) is 19.7. The summed E-state index contributed by atoms with van der Waals surface area (Å²) >= 11 is 7.51. The zero-order valence-electron chi connectivity index (χ0n) is 16.5. The van der Waals surface area contributed by atoms with Gasteiger partial charge in [0.2, 0.25) is 0 Å². The topological polar surface area (TPSA) is 46.4 Å². The van der Waals surface area contributed by atoms with Gasteiger partial charge in [0, 0.05) is 34.2 Å². The van der Waals surface area contributed by atoms with Gasteiger partial charge in [-0.3, -0.25) is 4.79 Å². The number of nitrogens with one attached hydrogen (secondary N) is 1. The molecule has 31 heavy (non-hydrogen) atoms. The summed E-state index contributed by atoms with van der Waals surface area (Å²) in [5.74, 6) is -0.133. The number of carbonyl (C=O) groups is 1. The third-order valence-electron chi connectivity index (χ3n) is 4.99. The Kier molecular flexibility index (Phi) is 5.37. The molecule has 3 aromatic carbocycles. The predicted molar refractivity (Wildman–Crippen MR) is 130 cm³/mol. The summed E-state index contributed by atoms with van der Waals surface area (Å²) in [6.07, 6.45) is 4.02. The molecule has 1 saturated heterocycles. The molecule has 4 nitrogen and oxygen atoms in total. The summed E-state index contributed by atoms with van der Waals surface area (Å²) in [6, 6.07) is 25.7. The molecular formula is C25H18ClN3OS. The molecule has 1 fully saturated rings. The van der Waals surface area contributed by atoms with Crippen molar-refractivity contribution in [2.75, 3.05) is 0 Å². The Morgan fingerprint density at radius 1 is 1.00 bits per heavy atom. The van der Waals surface area contributed by atoms with Gasteiger partial charge in [0.15, 0.2) is 5.17 Å². The fourth-order valence-electron chi connectivity index (χ4n) is 3.59. The van der Waals surface area contributed by atoms with Gasteiger partial charge in [0.05, 0.1) is 10.6 Å². The van der Waals surface area contributed by atoms with Crippen molar-refractivity contribution in [3.05, 3.63) is 106 Å². The van der Waals surface area contributed by atoms with Crippen LogP contribution in [0.1, 0.15) is 11.1 Å². The first-order valence-electron chi connectivity index (χ1n) is 9.83. The van der Waals surface area contributed by atoms with Crippen molar-refractivity contribution in [1.82, 2.24) is 9.88 Å². The van der Waals surface area contributed by atoms with E-state index in [9.17, 15) is 4.79 Å². The van der Waals surface area contributed by atoms with Crippen LogP contribution in [0.15, 0.2) is 95.0 Å². The SMILES string of the molecule is O=C1NC(=Nc2ccccc2)S/C1=C\c1cn(Cc2cccc(Cl)c2)c2ccccc12. The summed E-state index contributed by atoms with van der Waals surface area (Å²) in [7, 11) is 0. The largest absolute Gasteiger partial charge is 0.342 e. The Hall–Kier alpha value is -3.28. The van der Waals surface area contributed by atoms with E-state index >= 15 is 0 Å². The Morgan fingerprint density at radius 2 is 1.81 bits per heavy atom. The zero-order chi connectivity index (χ0) is 21.2. The second kappa shape index (κ2) is 8.46. The Bertz CT molecular complexity index is 1340. The van der Waals surface area contributed by atoms with Crippen molar-refractivity contribution in [1.29, 1.82) is 0 Å². The van der Waals surface area contributed by atoms with E-state index in [1.807, 2.05) is 66.7 Å². The highest BCUT2D eigenvalue weighted by atomic mass is 35.5. The van der Waals surface area contributed by atoms with Crippen LogP contribution in [-0.4, -0.2) is 15.6 Å². The zero-order valence-corrected chi connectivity index (χ0v) is 18.0. The van der Waals surface area contributed by atoms with Crippen molar-refractivity contribution < 1.29 is 4.79 Å². The van der Waals surface area contributed by atoms with Crippen molar-refractivity contribution in [3.63, 3.8) is 0 Å². The molecule has 6 heteroatoms. The van der Waals surface area contributed by atoms with E-state index in [1.54, 1.807) is 0 Å². The molecular weight excluding hydrogens is 426 g/mol. The van der Waals surface area contributed by atoms with Crippen LogP contribution < -0.4 is 5.32 Å². The maximum Gasteiger partial charge on any atom is 0.264 e. The van der Waals surface area contributed by atoms with Gasteiger partial charge in [-0.15, -0.1) is 0 Å². The highest BCUT2D eigenvalue weighted by Gasteiger charge is 2.24. The van der Waals surface area contributed by atoms with E-state index in [0.29, 0.717) is 16.6 Å². The summed E-state index contributed by atoms with van der Waals surface area (Å²) < 4.78 is 2.18. The maximum atomic E-state index is 12.5. The average Bonchev–Trinajstić information content (AvgIpc) is 3.29. The molecule has 1 aromatic heterocycles. The number of carbonyl (C=O) groups excluding carboxylic acids is 1. The average molecular weight is 444 g/mol.